The van der Waals surface area contributed by atoms with Crippen LogP contribution in [-0.2, 0) is 11.3 Å². The van der Waals surface area contributed by atoms with Crippen LogP contribution in [0.1, 0.15) is 22.8 Å². The van der Waals surface area contributed by atoms with Crippen LogP contribution in [0.25, 0.3) is 0 Å². The Morgan fingerprint density at radius 2 is 1.83 bits per heavy atom. The number of carbonyl (C=O) groups excluding carboxylic acids is 2. The Balaban J connectivity index is 1.63. The minimum Gasteiger partial charge on any atom is -0.378 e. The van der Waals surface area contributed by atoms with Gasteiger partial charge in [-0.2, -0.15) is 0 Å². The molecule has 0 unspecified atom stereocenters. The summed E-state index contributed by atoms with van der Waals surface area (Å²) in [5.74, 6) is -0.663. The largest absolute Gasteiger partial charge is 0.378 e. The van der Waals surface area contributed by atoms with Gasteiger partial charge in [0, 0.05) is 17.8 Å². The first-order chi connectivity index (χ1) is 14.2. The summed E-state index contributed by atoms with van der Waals surface area (Å²) < 4.78 is 1.27. The van der Waals surface area contributed by atoms with Crippen molar-refractivity contribution in [3.8, 4) is 0 Å². The summed E-state index contributed by atoms with van der Waals surface area (Å²) >= 11 is 0. The second-order valence-corrected chi connectivity index (χ2v) is 7.15. The van der Waals surface area contributed by atoms with Gasteiger partial charge in [-0.3, -0.25) is 14.4 Å². The third-order valence-electron chi connectivity index (χ3n) is 4.42. The molecule has 30 heavy (non-hydrogen) atoms. The van der Waals surface area contributed by atoms with E-state index < -0.39 is 11.5 Å². The SMILES string of the molecule is Cc1ccn(C[C@](C)(O)C(=O)Nc2ccc(NC(=O)c3ccccc3)nc2)c(=O)c1. The van der Waals surface area contributed by atoms with Crippen molar-refractivity contribution in [2.75, 3.05) is 10.6 Å². The van der Waals surface area contributed by atoms with Crippen molar-refractivity contribution in [1.82, 2.24) is 9.55 Å². The topological polar surface area (TPSA) is 113 Å². The Kier molecular flexibility index (Phi) is 6.08. The summed E-state index contributed by atoms with van der Waals surface area (Å²) in [5, 5.41) is 15.8. The Morgan fingerprint density at radius 1 is 1.10 bits per heavy atom. The molecule has 8 heteroatoms. The van der Waals surface area contributed by atoms with Crippen LogP contribution in [0.4, 0.5) is 11.5 Å². The Morgan fingerprint density at radius 3 is 2.47 bits per heavy atom. The minimum absolute atomic E-state index is 0.198. The number of rotatable bonds is 6. The number of hydrogen-bond donors (Lipinski definition) is 3. The maximum atomic E-state index is 12.5. The second kappa shape index (κ2) is 8.71. The molecular formula is C22H22N4O4. The highest BCUT2D eigenvalue weighted by atomic mass is 16.3. The van der Waals surface area contributed by atoms with E-state index in [1.54, 1.807) is 43.3 Å². The van der Waals surface area contributed by atoms with Crippen molar-refractivity contribution >= 4 is 23.3 Å². The van der Waals surface area contributed by atoms with Gasteiger partial charge in [-0.25, -0.2) is 4.98 Å². The summed E-state index contributed by atoms with van der Waals surface area (Å²) in [4.78, 5) is 40.7. The third kappa shape index (κ3) is 5.18. The molecule has 2 heterocycles. The second-order valence-electron chi connectivity index (χ2n) is 7.15. The molecule has 0 radical (unpaired) electrons. The van der Waals surface area contributed by atoms with Crippen molar-refractivity contribution in [2.24, 2.45) is 0 Å². The molecule has 1 atom stereocenters. The molecule has 2 amide bonds. The predicted molar refractivity (Wildman–Crippen MR) is 113 cm³/mol. The van der Waals surface area contributed by atoms with E-state index in [0.717, 1.165) is 5.56 Å². The molecule has 0 aliphatic heterocycles. The highest BCUT2D eigenvalue weighted by Gasteiger charge is 2.31. The number of aromatic nitrogens is 2. The first kappa shape index (κ1) is 20.9. The van der Waals surface area contributed by atoms with Gasteiger partial charge in [-0.15, -0.1) is 0 Å². The van der Waals surface area contributed by atoms with Gasteiger partial charge in [0.25, 0.3) is 17.4 Å². The quantitative estimate of drug-likeness (QED) is 0.581. The van der Waals surface area contributed by atoms with Crippen molar-refractivity contribution in [2.45, 2.75) is 26.0 Å². The number of benzene rings is 1. The molecule has 2 aromatic heterocycles. The molecule has 3 rings (SSSR count). The normalized spacial score (nSPS) is 12.6. The van der Waals surface area contributed by atoms with Crippen LogP contribution in [0.3, 0.4) is 0 Å². The van der Waals surface area contributed by atoms with Gasteiger partial charge in [-0.05, 0) is 49.7 Å². The Hall–Kier alpha value is -3.78. The Bertz CT molecular complexity index is 1110. The highest BCUT2D eigenvalue weighted by Crippen LogP contribution is 2.15. The van der Waals surface area contributed by atoms with E-state index >= 15 is 0 Å². The van der Waals surface area contributed by atoms with Crippen LogP contribution in [-0.4, -0.2) is 32.1 Å². The fourth-order valence-corrected chi connectivity index (χ4v) is 2.73. The van der Waals surface area contributed by atoms with Gasteiger partial charge in [0.2, 0.25) is 0 Å². The van der Waals surface area contributed by atoms with E-state index in [1.807, 2.05) is 6.07 Å². The van der Waals surface area contributed by atoms with E-state index in [-0.39, 0.29) is 18.0 Å². The van der Waals surface area contributed by atoms with Crippen molar-refractivity contribution in [3.05, 3.63) is 88.5 Å². The summed E-state index contributed by atoms with van der Waals surface area (Å²) in [5.41, 5.74) is -0.485. The fourth-order valence-electron chi connectivity index (χ4n) is 2.73. The van der Waals surface area contributed by atoms with E-state index in [1.165, 1.54) is 36.0 Å². The number of anilines is 2. The number of nitrogens with one attached hydrogen (secondary N) is 2. The van der Waals surface area contributed by atoms with E-state index in [0.29, 0.717) is 17.1 Å². The van der Waals surface area contributed by atoms with Gasteiger partial charge in [-0.1, -0.05) is 18.2 Å². The minimum atomic E-state index is -1.82. The van der Waals surface area contributed by atoms with Crippen LogP contribution < -0.4 is 16.2 Å². The van der Waals surface area contributed by atoms with Crippen LogP contribution in [0, 0.1) is 6.92 Å². The van der Waals surface area contributed by atoms with Crippen LogP contribution in [0.2, 0.25) is 0 Å². The molecule has 1 aromatic carbocycles. The average molecular weight is 406 g/mol. The van der Waals surface area contributed by atoms with E-state index in [9.17, 15) is 19.5 Å². The van der Waals surface area contributed by atoms with Crippen LogP contribution in [0.15, 0.2) is 71.8 Å². The summed E-state index contributed by atoms with van der Waals surface area (Å²) in [6, 6.07) is 15.0. The number of aryl methyl sites for hydroxylation is 1. The summed E-state index contributed by atoms with van der Waals surface area (Å²) in [6.07, 6.45) is 2.90. The summed E-state index contributed by atoms with van der Waals surface area (Å²) in [6.45, 7) is 2.92. The standard InChI is InChI=1S/C22H22N4O4/c1-15-10-11-26(19(27)12-15)14-22(2,30)21(29)24-17-8-9-18(23-13-17)25-20(28)16-6-4-3-5-7-16/h3-13,30H,14H2,1-2H3,(H,24,29)(H,23,25,28)/t22-/m0/s1. The maximum Gasteiger partial charge on any atom is 0.257 e. The lowest BCUT2D eigenvalue weighted by atomic mass is 10.1. The molecule has 0 spiro atoms. The molecule has 3 aromatic rings. The fraction of sp³-hybridized carbons (Fsp3) is 0.182. The number of hydrogen-bond acceptors (Lipinski definition) is 5. The van der Waals surface area contributed by atoms with E-state index in [2.05, 4.69) is 15.6 Å². The lowest BCUT2D eigenvalue weighted by Gasteiger charge is -2.23. The number of aliphatic hydroxyl groups is 1. The smallest absolute Gasteiger partial charge is 0.257 e. The molecule has 0 fully saturated rings. The van der Waals surface area contributed by atoms with Crippen molar-refractivity contribution in [3.63, 3.8) is 0 Å². The van der Waals surface area contributed by atoms with Crippen LogP contribution >= 0.6 is 0 Å². The molecule has 154 valence electrons. The first-order valence-corrected chi connectivity index (χ1v) is 9.28. The van der Waals surface area contributed by atoms with Gasteiger partial charge >= 0.3 is 0 Å². The van der Waals surface area contributed by atoms with Gasteiger partial charge in [0.05, 0.1) is 18.4 Å². The van der Waals surface area contributed by atoms with Gasteiger partial charge < -0.3 is 20.3 Å². The molecule has 0 saturated carbocycles. The lowest BCUT2D eigenvalue weighted by Crippen LogP contribution is -2.45. The molecular weight excluding hydrogens is 384 g/mol. The zero-order valence-electron chi connectivity index (χ0n) is 16.6. The maximum absolute atomic E-state index is 12.5. The Labute approximate surface area is 173 Å². The third-order valence-corrected chi connectivity index (χ3v) is 4.42. The van der Waals surface area contributed by atoms with Gasteiger partial charge in [0.1, 0.15) is 5.82 Å². The average Bonchev–Trinajstić information content (AvgIpc) is 2.72. The molecule has 8 nitrogen and oxygen atoms in total. The van der Waals surface area contributed by atoms with Crippen molar-refractivity contribution < 1.29 is 14.7 Å². The van der Waals surface area contributed by atoms with Gasteiger partial charge in [0.15, 0.2) is 5.60 Å². The number of carbonyl (C=O) groups is 2. The predicted octanol–water partition coefficient (Wildman–Crippen LogP) is 2.19. The monoisotopic (exact) mass is 406 g/mol. The zero-order chi connectivity index (χ0) is 21.7. The molecule has 0 saturated heterocycles. The van der Waals surface area contributed by atoms with Crippen LogP contribution in [0.5, 0.6) is 0 Å². The lowest BCUT2D eigenvalue weighted by molar-refractivity contribution is -0.133. The number of amides is 2. The molecule has 0 aliphatic carbocycles. The molecule has 0 bridgehead atoms. The molecule has 3 N–H and O–H groups in total. The number of pyridine rings is 2. The zero-order valence-corrected chi connectivity index (χ0v) is 16.6. The van der Waals surface area contributed by atoms with Crippen molar-refractivity contribution in [1.29, 1.82) is 0 Å². The van der Waals surface area contributed by atoms with E-state index in [4.69, 9.17) is 0 Å². The highest BCUT2D eigenvalue weighted by molar-refractivity contribution is 6.03. The first-order valence-electron chi connectivity index (χ1n) is 9.28. The molecule has 0 aliphatic rings. The summed E-state index contributed by atoms with van der Waals surface area (Å²) in [7, 11) is 0. The number of nitrogens with zero attached hydrogens (tertiary/aromatic N) is 2.